The van der Waals surface area contributed by atoms with E-state index in [1.54, 1.807) is 0 Å². The Kier molecular flexibility index (Phi) is 6.04. The fraction of sp³-hybridized carbons (Fsp3) is 0.444. The van der Waals surface area contributed by atoms with Crippen LogP contribution < -0.4 is 10.6 Å². The average Bonchev–Trinajstić information content (AvgIpc) is 3.31. The highest BCUT2D eigenvalue weighted by molar-refractivity contribution is 7.12. The smallest absolute Gasteiger partial charge is 0.261 e. The highest BCUT2D eigenvalue weighted by atomic mass is 32.1. The average molecular weight is 363 g/mol. The van der Waals surface area contributed by atoms with E-state index in [0.717, 1.165) is 42.1 Å². The van der Waals surface area contributed by atoms with E-state index < -0.39 is 0 Å². The van der Waals surface area contributed by atoms with Crippen molar-refractivity contribution in [3.63, 3.8) is 0 Å². The van der Waals surface area contributed by atoms with Gasteiger partial charge in [0.05, 0.1) is 9.75 Å². The van der Waals surface area contributed by atoms with Crippen LogP contribution in [0.3, 0.4) is 0 Å². The molecule has 3 rings (SSSR count). The number of amides is 2. The zero-order valence-corrected chi connectivity index (χ0v) is 15.1. The first kappa shape index (κ1) is 17.2. The van der Waals surface area contributed by atoms with Crippen LogP contribution in [0.4, 0.5) is 0 Å². The predicted octanol–water partition coefficient (Wildman–Crippen LogP) is 3.78. The van der Waals surface area contributed by atoms with E-state index >= 15 is 0 Å². The third kappa shape index (κ3) is 4.68. The van der Waals surface area contributed by atoms with Crippen molar-refractivity contribution in [2.75, 3.05) is 13.1 Å². The van der Waals surface area contributed by atoms with E-state index in [1.165, 1.54) is 29.1 Å². The van der Waals surface area contributed by atoms with Gasteiger partial charge in [-0.05, 0) is 54.0 Å². The summed E-state index contributed by atoms with van der Waals surface area (Å²) in [5, 5.41) is 9.93. The van der Waals surface area contributed by atoms with Gasteiger partial charge in [0.25, 0.3) is 11.8 Å². The zero-order chi connectivity index (χ0) is 16.8. The minimum atomic E-state index is 0.0260. The van der Waals surface area contributed by atoms with Gasteiger partial charge in [0.1, 0.15) is 0 Å². The summed E-state index contributed by atoms with van der Waals surface area (Å²) >= 11 is 2.94. The summed E-state index contributed by atoms with van der Waals surface area (Å²) in [5.41, 5.74) is 0. The third-order valence-electron chi connectivity index (χ3n) is 4.48. The number of nitrogens with one attached hydrogen (secondary N) is 2. The SMILES string of the molecule is O=C(NC[C@H]1CCC[C@@H](CNC(=O)c2cccs2)C1)c1cccs1. The standard InChI is InChI=1S/C18H22N2O2S2/c21-17(15-6-2-8-23-15)19-11-13-4-1-5-14(10-13)12-20-18(22)16-7-3-9-24-16/h2-3,6-9,13-14H,1,4-5,10-12H2,(H,19,21)(H,20,22)/t13-,14+. The van der Waals surface area contributed by atoms with Crippen LogP contribution in [0.25, 0.3) is 0 Å². The number of hydrogen-bond acceptors (Lipinski definition) is 4. The maximum Gasteiger partial charge on any atom is 0.261 e. The first-order chi connectivity index (χ1) is 11.7. The molecule has 4 nitrogen and oxygen atoms in total. The van der Waals surface area contributed by atoms with Crippen molar-refractivity contribution in [1.82, 2.24) is 10.6 Å². The van der Waals surface area contributed by atoms with Gasteiger partial charge in [0.2, 0.25) is 0 Å². The molecule has 2 N–H and O–H groups in total. The van der Waals surface area contributed by atoms with Gasteiger partial charge in [-0.15, -0.1) is 22.7 Å². The monoisotopic (exact) mass is 362 g/mol. The van der Waals surface area contributed by atoms with Crippen molar-refractivity contribution in [2.45, 2.75) is 25.7 Å². The topological polar surface area (TPSA) is 58.2 Å². The normalized spacial score (nSPS) is 20.5. The summed E-state index contributed by atoms with van der Waals surface area (Å²) in [5.74, 6) is 1.06. The summed E-state index contributed by atoms with van der Waals surface area (Å²) in [6.45, 7) is 1.46. The number of thiophene rings is 2. The minimum Gasteiger partial charge on any atom is -0.351 e. The summed E-state index contributed by atoms with van der Waals surface area (Å²) < 4.78 is 0. The molecule has 0 radical (unpaired) electrons. The van der Waals surface area contributed by atoms with Crippen molar-refractivity contribution in [3.05, 3.63) is 44.8 Å². The Morgan fingerprint density at radius 1 is 0.917 bits per heavy atom. The van der Waals surface area contributed by atoms with E-state index in [4.69, 9.17) is 0 Å². The second kappa shape index (κ2) is 8.44. The minimum absolute atomic E-state index is 0.0260. The molecule has 0 bridgehead atoms. The van der Waals surface area contributed by atoms with Gasteiger partial charge in [-0.25, -0.2) is 0 Å². The Balaban J connectivity index is 1.41. The number of rotatable bonds is 6. The van der Waals surface area contributed by atoms with Crippen LogP contribution in [0.15, 0.2) is 35.0 Å². The van der Waals surface area contributed by atoms with E-state index in [9.17, 15) is 9.59 Å². The van der Waals surface area contributed by atoms with E-state index in [2.05, 4.69) is 10.6 Å². The molecule has 6 heteroatoms. The van der Waals surface area contributed by atoms with Crippen molar-refractivity contribution < 1.29 is 9.59 Å². The van der Waals surface area contributed by atoms with Gasteiger partial charge in [-0.1, -0.05) is 18.6 Å². The molecule has 1 saturated carbocycles. The Hall–Kier alpha value is -1.66. The quantitative estimate of drug-likeness (QED) is 0.822. The molecular weight excluding hydrogens is 340 g/mol. The molecule has 0 spiro atoms. The Bertz CT molecular complexity index is 596. The van der Waals surface area contributed by atoms with Crippen LogP contribution in [0, 0.1) is 11.8 Å². The molecular formula is C18H22N2O2S2. The van der Waals surface area contributed by atoms with Crippen molar-refractivity contribution in [3.8, 4) is 0 Å². The van der Waals surface area contributed by atoms with Crippen molar-refractivity contribution in [1.29, 1.82) is 0 Å². The largest absolute Gasteiger partial charge is 0.351 e. The second-order valence-electron chi connectivity index (χ2n) is 6.27. The molecule has 0 aliphatic heterocycles. The van der Waals surface area contributed by atoms with E-state index in [-0.39, 0.29) is 11.8 Å². The lowest BCUT2D eigenvalue weighted by atomic mass is 9.81. The number of hydrogen-bond donors (Lipinski definition) is 2. The van der Waals surface area contributed by atoms with Crippen LogP contribution in [0.2, 0.25) is 0 Å². The van der Waals surface area contributed by atoms with Crippen LogP contribution in [-0.4, -0.2) is 24.9 Å². The van der Waals surface area contributed by atoms with Gasteiger partial charge >= 0.3 is 0 Å². The highest BCUT2D eigenvalue weighted by Gasteiger charge is 2.23. The molecule has 0 unspecified atom stereocenters. The van der Waals surface area contributed by atoms with Crippen molar-refractivity contribution in [2.24, 2.45) is 11.8 Å². The summed E-state index contributed by atoms with van der Waals surface area (Å²) in [7, 11) is 0. The van der Waals surface area contributed by atoms with Gasteiger partial charge in [0.15, 0.2) is 0 Å². The molecule has 2 aromatic rings. The van der Waals surface area contributed by atoms with Gasteiger partial charge < -0.3 is 10.6 Å². The molecule has 1 aliphatic rings. The Morgan fingerprint density at radius 3 is 1.83 bits per heavy atom. The maximum atomic E-state index is 12.0. The molecule has 1 aliphatic carbocycles. The molecule has 24 heavy (non-hydrogen) atoms. The van der Waals surface area contributed by atoms with Crippen LogP contribution in [-0.2, 0) is 0 Å². The first-order valence-electron chi connectivity index (χ1n) is 8.36. The Morgan fingerprint density at radius 2 is 1.42 bits per heavy atom. The molecule has 2 amide bonds. The second-order valence-corrected chi connectivity index (χ2v) is 8.17. The van der Waals surface area contributed by atoms with E-state index in [0.29, 0.717) is 11.8 Å². The van der Waals surface area contributed by atoms with Crippen molar-refractivity contribution >= 4 is 34.5 Å². The fourth-order valence-corrected chi connectivity index (χ4v) is 4.52. The highest BCUT2D eigenvalue weighted by Crippen LogP contribution is 2.28. The fourth-order valence-electron chi connectivity index (χ4n) is 3.24. The number of carbonyl (C=O) groups is 2. The third-order valence-corrected chi connectivity index (χ3v) is 6.22. The molecule has 2 heterocycles. The molecule has 1 fully saturated rings. The lowest BCUT2D eigenvalue weighted by Gasteiger charge is -2.29. The molecule has 2 aromatic heterocycles. The van der Waals surface area contributed by atoms with Crippen LogP contribution >= 0.6 is 22.7 Å². The molecule has 2 atom stereocenters. The summed E-state index contributed by atoms with van der Waals surface area (Å²) in [6, 6.07) is 7.49. The van der Waals surface area contributed by atoms with Gasteiger partial charge in [0, 0.05) is 13.1 Å². The van der Waals surface area contributed by atoms with Crippen LogP contribution in [0.5, 0.6) is 0 Å². The Labute approximate surface area is 150 Å². The maximum absolute atomic E-state index is 12.0. The number of carbonyl (C=O) groups excluding carboxylic acids is 2. The molecule has 128 valence electrons. The van der Waals surface area contributed by atoms with Crippen LogP contribution in [0.1, 0.15) is 45.0 Å². The lowest BCUT2D eigenvalue weighted by Crippen LogP contribution is -2.35. The molecule has 0 aromatic carbocycles. The lowest BCUT2D eigenvalue weighted by molar-refractivity contribution is 0.0939. The predicted molar refractivity (Wildman–Crippen MR) is 98.8 cm³/mol. The first-order valence-corrected chi connectivity index (χ1v) is 10.1. The van der Waals surface area contributed by atoms with Gasteiger partial charge in [-0.2, -0.15) is 0 Å². The summed E-state index contributed by atoms with van der Waals surface area (Å²) in [6.07, 6.45) is 4.54. The van der Waals surface area contributed by atoms with E-state index in [1.807, 2.05) is 35.0 Å². The summed E-state index contributed by atoms with van der Waals surface area (Å²) in [4.78, 5) is 25.6. The molecule has 0 saturated heterocycles. The van der Waals surface area contributed by atoms with Gasteiger partial charge in [-0.3, -0.25) is 9.59 Å². The zero-order valence-electron chi connectivity index (χ0n) is 13.5.